The van der Waals surface area contributed by atoms with Gasteiger partial charge in [0.05, 0.1) is 6.04 Å². The van der Waals surface area contributed by atoms with Crippen LogP contribution in [-0.2, 0) is 4.79 Å². The minimum atomic E-state index is -0.997. The van der Waals surface area contributed by atoms with Crippen LogP contribution in [0.5, 0.6) is 0 Å². The number of aromatic amines is 1. The first-order valence-corrected chi connectivity index (χ1v) is 7.57. The van der Waals surface area contributed by atoms with Gasteiger partial charge in [-0.3, -0.25) is 9.59 Å². The summed E-state index contributed by atoms with van der Waals surface area (Å²) in [5.74, 6) is -0.497. The quantitative estimate of drug-likeness (QED) is 0.787. The molecule has 6 heteroatoms. The van der Waals surface area contributed by atoms with Gasteiger partial charge in [0.2, 0.25) is 0 Å². The lowest BCUT2D eigenvalue weighted by molar-refractivity contribution is -0.144. The number of nitrogens with one attached hydrogen (secondary N) is 2. The van der Waals surface area contributed by atoms with Crippen LogP contribution in [0, 0.1) is 0 Å². The van der Waals surface area contributed by atoms with Crippen LogP contribution in [0.1, 0.15) is 17.4 Å². The number of benzene rings is 1. The summed E-state index contributed by atoms with van der Waals surface area (Å²) in [5, 5.41) is 12.1. The Hall–Kier alpha value is -2.60. The molecule has 3 rings (SSSR count). The fourth-order valence-electron chi connectivity index (χ4n) is 2.59. The standard InChI is InChI=1S/C17H19N3O3/c1-11(21)17(23)20-9-13(10-20)18-16(22)15-8-7-14(19-15)12-5-3-2-4-6-12/h2-8,11,13,19,21H,9-10H2,1H3,(H,18,22). The van der Waals surface area contributed by atoms with Gasteiger partial charge in [0, 0.05) is 18.8 Å². The van der Waals surface area contributed by atoms with E-state index in [0.29, 0.717) is 18.8 Å². The minimum Gasteiger partial charge on any atom is -0.384 e. The van der Waals surface area contributed by atoms with Crippen LogP contribution < -0.4 is 5.32 Å². The van der Waals surface area contributed by atoms with Crippen LogP contribution in [0.25, 0.3) is 11.3 Å². The van der Waals surface area contributed by atoms with Gasteiger partial charge in [-0.1, -0.05) is 30.3 Å². The highest BCUT2D eigenvalue weighted by Crippen LogP contribution is 2.18. The molecule has 1 aliphatic heterocycles. The molecule has 23 heavy (non-hydrogen) atoms. The van der Waals surface area contributed by atoms with E-state index in [4.69, 9.17) is 0 Å². The Morgan fingerprint density at radius 3 is 2.57 bits per heavy atom. The average molecular weight is 313 g/mol. The molecular weight excluding hydrogens is 294 g/mol. The molecular formula is C17H19N3O3. The van der Waals surface area contributed by atoms with Crippen molar-refractivity contribution in [1.29, 1.82) is 0 Å². The van der Waals surface area contributed by atoms with Crippen LogP contribution in [0.3, 0.4) is 0 Å². The van der Waals surface area contributed by atoms with E-state index in [0.717, 1.165) is 11.3 Å². The molecule has 1 fully saturated rings. The number of hydrogen-bond donors (Lipinski definition) is 3. The minimum absolute atomic E-state index is 0.0753. The number of aliphatic hydroxyl groups is 1. The Bertz CT molecular complexity index is 703. The van der Waals surface area contributed by atoms with Crippen LogP contribution >= 0.6 is 0 Å². The number of nitrogens with zero attached hydrogens (tertiary/aromatic N) is 1. The number of carbonyl (C=O) groups is 2. The van der Waals surface area contributed by atoms with E-state index >= 15 is 0 Å². The largest absolute Gasteiger partial charge is 0.384 e. The molecule has 0 bridgehead atoms. The molecule has 120 valence electrons. The molecule has 0 saturated carbocycles. The fourth-order valence-corrected chi connectivity index (χ4v) is 2.59. The van der Waals surface area contributed by atoms with Crippen LogP contribution in [0.4, 0.5) is 0 Å². The molecule has 1 unspecified atom stereocenters. The topological polar surface area (TPSA) is 85.4 Å². The van der Waals surface area contributed by atoms with Gasteiger partial charge < -0.3 is 20.3 Å². The van der Waals surface area contributed by atoms with Crippen LogP contribution in [-0.4, -0.2) is 52.0 Å². The van der Waals surface area contributed by atoms with Crippen molar-refractivity contribution in [3.63, 3.8) is 0 Å². The van der Waals surface area contributed by atoms with E-state index in [1.807, 2.05) is 36.4 Å². The van der Waals surface area contributed by atoms with E-state index in [1.165, 1.54) is 11.8 Å². The zero-order chi connectivity index (χ0) is 16.4. The van der Waals surface area contributed by atoms with Gasteiger partial charge in [0.25, 0.3) is 11.8 Å². The molecule has 0 radical (unpaired) electrons. The molecule has 3 N–H and O–H groups in total. The first-order chi connectivity index (χ1) is 11.0. The lowest BCUT2D eigenvalue weighted by Crippen LogP contribution is -2.62. The summed E-state index contributed by atoms with van der Waals surface area (Å²) in [6, 6.07) is 13.3. The van der Waals surface area contributed by atoms with Crippen molar-refractivity contribution in [2.45, 2.75) is 19.1 Å². The second-order valence-electron chi connectivity index (χ2n) is 5.74. The summed E-state index contributed by atoms with van der Waals surface area (Å²) in [5.41, 5.74) is 2.39. The van der Waals surface area contributed by atoms with Gasteiger partial charge in [-0.05, 0) is 24.6 Å². The van der Waals surface area contributed by atoms with E-state index in [2.05, 4.69) is 10.3 Å². The summed E-state index contributed by atoms with van der Waals surface area (Å²) in [4.78, 5) is 28.4. The summed E-state index contributed by atoms with van der Waals surface area (Å²) < 4.78 is 0. The molecule has 6 nitrogen and oxygen atoms in total. The number of aromatic nitrogens is 1. The van der Waals surface area contributed by atoms with Crippen molar-refractivity contribution in [2.75, 3.05) is 13.1 Å². The predicted octanol–water partition coefficient (Wildman–Crippen LogP) is 1.00. The monoisotopic (exact) mass is 313 g/mol. The molecule has 1 aliphatic rings. The normalized spacial score (nSPS) is 15.8. The number of carbonyl (C=O) groups excluding carboxylic acids is 2. The first kappa shape index (κ1) is 15.3. The van der Waals surface area contributed by atoms with Crippen molar-refractivity contribution in [3.05, 3.63) is 48.2 Å². The third kappa shape index (κ3) is 3.27. The van der Waals surface area contributed by atoms with Crippen molar-refractivity contribution in [2.24, 2.45) is 0 Å². The number of H-pyrrole nitrogens is 1. The van der Waals surface area contributed by atoms with Crippen molar-refractivity contribution in [1.82, 2.24) is 15.2 Å². The van der Waals surface area contributed by atoms with Gasteiger partial charge in [0.1, 0.15) is 11.8 Å². The fraction of sp³-hybridized carbons (Fsp3) is 0.294. The number of aliphatic hydroxyl groups excluding tert-OH is 1. The van der Waals surface area contributed by atoms with Gasteiger partial charge >= 0.3 is 0 Å². The van der Waals surface area contributed by atoms with Gasteiger partial charge in [-0.15, -0.1) is 0 Å². The average Bonchev–Trinajstić information content (AvgIpc) is 3.00. The molecule has 1 saturated heterocycles. The number of likely N-dealkylation sites (tertiary alicyclic amines) is 1. The Labute approximate surface area is 134 Å². The molecule has 2 aromatic rings. The number of hydrogen-bond acceptors (Lipinski definition) is 3. The van der Waals surface area contributed by atoms with E-state index in [-0.39, 0.29) is 17.9 Å². The zero-order valence-electron chi connectivity index (χ0n) is 12.8. The smallest absolute Gasteiger partial charge is 0.268 e. The third-order valence-corrected chi connectivity index (χ3v) is 3.90. The van der Waals surface area contributed by atoms with Gasteiger partial charge in [-0.2, -0.15) is 0 Å². The van der Waals surface area contributed by atoms with Crippen LogP contribution in [0.2, 0.25) is 0 Å². The lowest BCUT2D eigenvalue weighted by atomic mass is 10.1. The highest BCUT2D eigenvalue weighted by Gasteiger charge is 2.33. The zero-order valence-corrected chi connectivity index (χ0v) is 12.8. The molecule has 0 aliphatic carbocycles. The molecule has 0 spiro atoms. The summed E-state index contributed by atoms with van der Waals surface area (Å²) in [6.45, 7) is 2.31. The highest BCUT2D eigenvalue weighted by atomic mass is 16.3. The second-order valence-corrected chi connectivity index (χ2v) is 5.74. The Balaban J connectivity index is 1.56. The van der Waals surface area contributed by atoms with Crippen molar-refractivity contribution < 1.29 is 14.7 Å². The maximum absolute atomic E-state index is 12.2. The molecule has 1 atom stereocenters. The summed E-state index contributed by atoms with van der Waals surface area (Å²) >= 11 is 0. The lowest BCUT2D eigenvalue weighted by Gasteiger charge is -2.40. The molecule has 1 aromatic heterocycles. The first-order valence-electron chi connectivity index (χ1n) is 7.57. The predicted molar refractivity (Wildman–Crippen MR) is 85.7 cm³/mol. The van der Waals surface area contributed by atoms with Gasteiger partial charge in [-0.25, -0.2) is 0 Å². The Kier molecular flexibility index (Phi) is 4.16. The van der Waals surface area contributed by atoms with E-state index in [9.17, 15) is 14.7 Å². The highest BCUT2D eigenvalue weighted by molar-refractivity contribution is 5.94. The number of amides is 2. The Morgan fingerprint density at radius 1 is 1.22 bits per heavy atom. The van der Waals surface area contributed by atoms with Crippen molar-refractivity contribution >= 4 is 11.8 Å². The van der Waals surface area contributed by atoms with Crippen molar-refractivity contribution in [3.8, 4) is 11.3 Å². The molecule has 1 aromatic carbocycles. The SMILES string of the molecule is CC(O)C(=O)N1CC(NC(=O)c2ccc(-c3ccccc3)[nH]2)C1. The Morgan fingerprint density at radius 2 is 1.91 bits per heavy atom. The van der Waals surface area contributed by atoms with Gasteiger partial charge in [0.15, 0.2) is 0 Å². The molecule has 2 amide bonds. The maximum Gasteiger partial charge on any atom is 0.268 e. The van der Waals surface area contributed by atoms with E-state index < -0.39 is 6.10 Å². The maximum atomic E-state index is 12.2. The summed E-state index contributed by atoms with van der Waals surface area (Å²) in [6.07, 6.45) is -0.997. The molecule has 2 heterocycles. The van der Waals surface area contributed by atoms with E-state index in [1.54, 1.807) is 6.07 Å². The summed E-state index contributed by atoms with van der Waals surface area (Å²) in [7, 11) is 0. The number of rotatable bonds is 4. The second kappa shape index (κ2) is 6.26. The third-order valence-electron chi connectivity index (χ3n) is 3.90. The van der Waals surface area contributed by atoms with Crippen LogP contribution in [0.15, 0.2) is 42.5 Å².